The van der Waals surface area contributed by atoms with Crippen molar-refractivity contribution in [3.8, 4) is 0 Å². The van der Waals surface area contributed by atoms with Gasteiger partial charge in [-0.15, -0.1) is 11.8 Å². The second kappa shape index (κ2) is 25.8. The maximum Gasteiger partial charge on any atom is 0.501 e. The predicted octanol–water partition coefficient (Wildman–Crippen LogP) is 9.07. The molecule has 3 aliphatic heterocycles. The van der Waals surface area contributed by atoms with Crippen LogP contribution in [-0.4, -0.2) is 143 Å². The van der Waals surface area contributed by atoms with Crippen LogP contribution in [0.15, 0.2) is 130 Å². The van der Waals surface area contributed by atoms with Gasteiger partial charge < -0.3 is 20.4 Å². The van der Waals surface area contributed by atoms with E-state index in [0.717, 1.165) is 61.6 Å². The maximum atomic E-state index is 15.1. The normalized spacial score (nSPS) is 19.2. The van der Waals surface area contributed by atoms with Crippen molar-refractivity contribution < 1.29 is 48.8 Å². The summed E-state index contributed by atoms with van der Waals surface area (Å²) in [5.74, 6) is -2.50. The van der Waals surface area contributed by atoms with Gasteiger partial charge in [-0.2, -0.15) is 17.6 Å². The van der Waals surface area contributed by atoms with E-state index >= 15 is 4.39 Å². The van der Waals surface area contributed by atoms with Gasteiger partial charge in [0.2, 0.25) is 17.8 Å². The fraction of sp³-hybridized carbons (Fsp3) is 0.414. The third-order valence-corrected chi connectivity index (χ3v) is 19.8. The molecule has 1 aromatic heterocycles. The number of nitrogens with one attached hydrogen (secondary N) is 4. The van der Waals surface area contributed by atoms with Crippen LogP contribution in [-0.2, 0) is 36.0 Å². The number of sulfone groups is 1. The molecule has 3 amide bonds. The van der Waals surface area contributed by atoms with Gasteiger partial charge in [-0.1, -0.05) is 61.4 Å². The molecule has 0 radical (unpaired) electrons. The molecule has 3 saturated heterocycles. The van der Waals surface area contributed by atoms with E-state index < -0.39 is 76.6 Å². The van der Waals surface area contributed by atoms with Gasteiger partial charge in [0.05, 0.1) is 16.3 Å². The molecule has 4 heterocycles. The Hall–Kier alpha value is -6.08. The molecule has 3 fully saturated rings. The molecule has 0 saturated carbocycles. The van der Waals surface area contributed by atoms with Crippen LogP contribution in [0.4, 0.5) is 34.6 Å². The number of rotatable bonds is 20. The lowest BCUT2D eigenvalue weighted by Crippen LogP contribution is -2.48. The van der Waals surface area contributed by atoms with Crippen molar-refractivity contribution in [2.75, 3.05) is 86.7 Å². The number of nitrogens with zero attached hydrogens (tertiary/aromatic N) is 5. The first-order valence-electron chi connectivity index (χ1n) is 27.2. The summed E-state index contributed by atoms with van der Waals surface area (Å²) in [6.45, 7) is 11.4. The monoisotopic (exact) mass is 1210 g/mol. The summed E-state index contributed by atoms with van der Waals surface area (Å²) in [5.41, 5.74) is -0.640. The molecule has 1 unspecified atom stereocenters. The van der Waals surface area contributed by atoms with Crippen molar-refractivity contribution in [3.63, 3.8) is 0 Å². The molecule has 24 heteroatoms. The van der Waals surface area contributed by atoms with Gasteiger partial charge in [0.15, 0.2) is 0 Å². The highest BCUT2D eigenvalue weighted by Gasteiger charge is 2.48. The topological polar surface area (TPSA) is 193 Å². The van der Waals surface area contributed by atoms with Crippen LogP contribution in [0.3, 0.4) is 0 Å². The number of hydrogen-bond acceptors (Lipinski definition) is 15. The van der Waals surface area contributed by atoms with Crippen molar-refractivity contribution >= 4 is 83.6 Å². The van der Waals surface area contributed by atoms with Crippen molar-refractivity contribution in [1.29, 1.82) is 0 Å². The Balaban J connectivity index is 0.836. The molecule has 16 nitrogen and oxygen atoms in total. The average molecular weight is 1210 g/mol. The largest absolute Gasteiger partial charge is 0.501 e. The minimum atomic E-state index is -6.16. The quantitative estimate of drug-likeness (QED) is 0.0249. The number of carbonyl (C=O) groups excluding carboxylic acids is 3. The number of amides is 3. The van der Waals surface area contributed by atoms with Gasteiger partial charge in [0.25, 0.3) is 25.8 Å². The smallest absolute Gasteiger partial charge is 0.380 e. The van der Waals surface area contributed by atoms with Crippen LogP contribution in [0, 0.1) is 11.4 Å². The van der Waals surface area contributed by atoms with Gasteiger partial charge >= 0.3 is 5.51 Å². The number of aromatic nitrogens is 1. The molecule has 5 aromatic rings. The molecule has 2 atom stereocenters. The van der Waals surface area contributed by atoms with E-state index in [-0.39, 0.29) is 35.3 Å². The zero-order chi connectivity index (χ0) is 58.4. The summed E-state index contributed by atoms with van der Waals surface area (Å²) >= 11 is 7.61. The summed E-state index contributed by atoms with van der Waals surface area (Å²) in [6.07, 6.45) is 5.08. The maximum absolute atomic E-state index is 15.1. The Morgan fingerprint density at radius 2 is 1.51 bits per heavy atom. The molecule has 4 aromatic carbocycles. The lowest BCUT2D eigenvalue weighted by Gasteiger charge is -2.39. The van der Waals surface area contributed by atoms with E-state index in [1.54, 1.807) is 18.2 Å². The number of allylic oxidation sites excluding steroid dienone is 1. The number of thioether (sulfide) groups is 1. The number of imide groups is 1. The van der Waals surface area contributed by atoms with Crippen LogP contribution in [0.25, 0.3) is 5.57 Å². The summed E-state index contributed by atoms with van der Waals surface area (Å²) < 4.78 is 115. The molecule has 4 aliphatic rings. The van der Waals surface area contributed by atoms with Crippen molar-refractivity contribution in [2.24, 2.45) is 5.41 Å². The third kappa shape index (κ3) is 15.2. The first-order valence-corrected chi connectivity index (χ1v) is 31.5. The molecule has 0 spiro atoms. The number of piperazine rings is 2. The number of pyridine rings is 1. The lowest BCUT2D eigenvalue weighted by molar-refractivity contribution is -0.133. The summed E-state index contributed by atoms with van der Waals surface area (Å²) in [6, 6.07) is 26.2. The SMILES string of the molecule is CC1(C)CCC(c2ccc(Cl)cc2)=C(CN2CCN(c3ccc(C(=O)NS(=O)(=O)c4ccc(N[C@H](CCN5CCN(Cc6ccnc(F)c6NC6CCC(=O)NC6=O)CC5)CSc5ccccc5)c(S(=O)(=O)C(F)(F)F)c4)cc3)CC2)C1. The standard InChI is InChI=1S/C58H66ClF4N9O7S3/c1-57(2)23-20-48(39-8-12-43(59)13-9-39)42(35-57)37-71-30-32-72(33-31-71)45-14-10-40(11-15-45)55(74)68-82(78,79)47-16-17-49(51(34-47)81(76,77)58(61,62)63)65-44(38-80-46-6-4-3-5-7-46)22-25-69-26-28-70(29-27-69)36-41-21-24-64-54(60)53(41)66-50-18-19-52(73)67-56(50)75/h3-17,21,24,34,44,50,65-66H,18-20,22-23,25-33,35-38H2,1-2H3,(H,68,74)(H,67,73,75)/t44-,50?/m1/s1. The van der Waals surface area contributed by atoms with E-state index in [1.807, 2.05) is 47.2 Å². The van der Waals surface area contributed by atoms with Gasteiger partial charge in [0, 0.05) is 118 Å². The van der Waals surface area contributed by atoms with Gasteiger partial charge in [-0.25, -0.2) is 26.5 Å². The van der Waals surface area contributed by atoms with Crippen LogP contribution < -0.4 is 25.6 Å². The zero-order valence-corrected chi connectivity index (χ0v) is 48.7. The van der Waals surface area contributed by atoms with Crippen LogP contribution >= 0.6 is 23.4 Å². The second-order valence-corrected chi connectivity index (χ2v) is 27.1. The van der Waals surface area contributed by atoms with E-state index in [4.69, 9.17) is 11.6 Å². The highest BCUT2D eigenvalue weighted by Crippen LogP contribution is 2.43. The third-order valence-electron chi connectivity index (χ3n) is 15.5. The van der Waals surface area contributed by atoms with Gasteiger partial charge in [-0.05, 0) is 127 Å². The number of sulfonamides is 1. The number of halogens is 5. The molecule has 82 heavy (non-hydrogen) atoms. The van der Waals surface area contributed by atoms with Crippen molar-refractivity contribution in [2.45, 2.75) is 91.2 Å². The molecule has 0 bridgehead atoms. The summed E-state index contributed by atoms with van der Waals surface area (Å²) in [5, 5.41) is 8.91. The van der Waals surface area contributed by atoms with Crippen LogP contribution in [0.2, 0.25) is 5.02 Å². The van der Waals surface area contributed by atoms with Crippen molar-refractivity contribution in [1.82, 2.24) is 29.7 Å². The minimum absolute atomic E-state index is 0.0354. The highest BCUT2D eigenvalue weighted by atomic mass is 35.5. The predicted molar refractivity (Wildman–Crippen MR) is 310 cm³/mol. The number of alkyl halides is 3. The van der Waals surface area contributed by atoms with Crippen LogP contribution in [0.5, 0.6) is 0 Å². The lowest BCUT2D eigenvalue weighted by atomic mass is 9.73. The first kappa shape index (κ1) is 60.5. The van der Waals surface area contributed by atoms with E-state index in [2.05, 4.69) is 66.5 Å². The minimum Gasteiger partial charge on any atom is -0.380 e. The highest BCUT2D eigenvalue weighted by molar-refractivity contribution is 7.99. The Morgan fingerprint density at radius 3 is 2.20 bits per heavy atom. The van der Waals surface area contributed by atoms with E-state index in [9.17, 15) is 44.4 Å². The molecule has 1 aliphatic carbocycles. The Bertz CT molecular complexity index is 3380. The second-order valence-electron chi connectivity index (χ2n) is 21.9. The first-order chi connectivity index (χ1) is 39.0. The fourth-order valence-corrected chi connectivity index (χ4v) is 14.0. The number of piperidine rings is 1. The molecule has 438 valence electrons. The molecule has 9 rings (SSSR count). The Morgan fingerprint density at radius 1 is 0.841 bits per heavy atom. The summed E-state index contributed by atoms with van der Waals surface area (Å²) in [4.78, 5) is 49.0. The number of benzene rings is 4. The van der Waals surface area contributed by atoms with Gasteiger partial charge in [-0.3, -0.25) is 29.5 Å². The molecule has 4 N–H and O–H groups in total. The zero-order valence-electron chi connectivity index (χ0n) is 45.5. The Kier molecular flexibility index (Phi) is 19.1. The molecular formula is C58H66ClF4N9O7S3. The summed E-state index contributed by atoms with van der Waals surface area (Å²) in [7, 11) is -11.1. The fourth-order valence-electron chi connectivity index (χ4n) is 10.8. The number of hydrogen-bond donors (Lipinski definition) is 4. The van der Waals surface area contributed by atoms with E-state index in [1.165, 1.54) is 46.8 Å². The van der Waals surface area contributed by atoms with Gasteiger partial charge in [0.1, 0.15) is 10.9 Å². The van der Waals surface area contributed by atoms with Crippen LogP contribution in [0.1, 0.15) is 73.9 Å². The number of anilines is 3. The van der Waals surface area contributed by atoms with E-state index in [0.29, 0.717) is 75.4 Å². The molecular weight excluding hydrogens is 1140 g/mol. The number of carbonyl (C=O) groups is 3. The Labute approximate surface area is 485 Å². The average Bonchev–Trinajstić information content (AvgIpc) is 3.61. The van der Waals surface area contributed by atoms with Crippen molar-refractivity contribution in [3.05, 3.63) is 143 Å².